The molecule has 0 aromatic carbocycles. The minimum Gasteiger partial charge on any atom is -0.301 e. The molecule has 1 aliphatic heterocycles. The summed E-state index contributed by atoms with van der Waals surface area (Å²) in [6.07, 6.45) is 9.69. The highest BCUT2D eigenvalue weighted by Crippen LogP contribution is 2.49. The Labute approximate surface area is 99.0 Å². The van der Waals surface area contributed by atoms with E-state index in [2.05, 4.69) is 36.8 Å². The molecule has 0 N–H and O–H groups in total. The van der Waals surface area contributed by atoms with Crippen LogP contribution in [0.5, 0.6) is 0 Å². The third kappa shape index (κ3) is 2.52. The van der Waals surface area contributed by atoms with Gasteiger partial charge in [0.15, 0.2) is 0 Å². The molecule has 2 aliphatic rings. The van der Waals surface area contributed by atoms with Crippen LogP contribution in [-0.2, 0) is 0 Å². The molecule has 1 aliphatic carbocycles. The summed E-state index contributed by atoms with van der Waals surface area (Å²) in [4.78, 5) is 2.65. The van der Waals surface area contributed by atoms with E-state index < -0.39 is 0 Å². The molecule has 2 fully saturated rings. The fourth-order valence-corrected chi connectivity index (χ4v) is 4.20. The van der Waals surface area contributed by atoms with Gasteiger partial charge in [-0.2, -0.15) is 11.8 Å². The Bertz CT molecular complexity index is 207. The van der Waals surface area contributed by atoms with Gasteiger partial charge in [0.2, 0.25) is 0 Å². The maximum Gasteiger partial charge on any atom is 0.00497 e. The fraction of sp³-hybridized carbons (Fsp3) is 1.00. The molecule has 88 valence electrons. The number of thioether (sulfide) groups is 1. The topological polar surface area (TPSA) is 3.24 Å². The first-order valence-corrected chi connectivity index (χ1v) is 7.71. The molecule has 1 saturated carbocycles. The molecule has 1 heterocycles. The van der Waals surface area contributed by atoms with E-state index in [0.717, 1.165) is 16.7 Å². The molecule has 0 aromatic rings. The van der Waals surface area contributed by atoms with Gasteiger partial charge in [-0.05, 0) is 70.7 Å². The molecule has 0 bridgehead atoms. The lowest BCUT2D eigenvalue weighted by atomic mass is 9.77. The van der Waals surface area contributed by atoms with Crippen molar-refractivity contribution < 1.29 is 0 Å². The summed E-state index contributed by atoms with van der Waals surface area (Å²) in [6, 6.07) is 0.750. The molecule has 2 rings (SSSR count). The van der Waals surface area contributed by atoms with Gasteiger partial charge in [-0.15, -0.1) is 0 Å². The smallest absolute Gasteiger partial charge is 0.00497 e. The van der Waals surface area contributed by atoms with E-state index in [4.69, 9.17) is 0 Å². The van der Waals surface area contributed by atoms with Crippen LogP contribution in [0.25, 0.3) is 0 Å². The lowest BCUT2D eigenvalue weighted by Crippen LogP contribution is -2.42. The Morgan fingerprint density at radius 3 is 2.33 bits per heavy atom. The summed E-state index contributed by atoms with van der Waals surface area (Å²) in [6.45, 7) is 7.35. The Morgan fingerprint density at radius 1 is 1.20 bits per heavy atom. The van der Waals surface area contributed by atoms with E-state index in [1.165, 1.54) is 45.2 Å². The van der Waals surface area contributed by atoms with E-state index in [0.29, 0.717) is 0 Å². The van der Waals surface area contributed by atoms with Crippen molar-refractivity contribution in [2.45, 2.75) is 57.2 Å². The van der Waals surface area contributed by atoms with Gasteiger partial charge < -0.3 is 4.90 Å². The van der Waals surface area contributed by atoms with Gasteiger partial charge in [0.1, 0.15) is 0 Å². The van der Waals surface area contributed by atoms with Gasteiger partial charge in [-0.1, -0.05) is 0 Å². The quantitative estimate of drug-likeness (QED) is 0.711. The van der Waals surface area contributed by atoms with Crippen molar-refractivity contribution in [3.8, 4) is 0 Å². The standard InChI is InChI=1S/C13H25NS/c1-11(2)14-8-6-13(7-9-14)5-4-12(10-13)15-3/h11-12H,4-10H2,1-3H3. The van der Waals surface area contributed by atoms with Gasteiger partial charge in [0.05, 0.1) is 0 Å². The second kappa shape index (κ2) is 4.67. The zero-order valence-corrected chi connectivity index (χ0v) is 11.3. The van der Waals surface area contributed by atoms with Crippen LogP contribution >= 0.6 is 11.8 Å². The van der Waals surface area contributed by atoms with Crippen molar-refractivity contribution in [1.82, 2.24) is 4.90 Å². The second-order valence-electron chi connectivity index (χ2n) is 5.73. The highest BCUT2D eigenvalue weighted by molar-refractivity contribution is 7.99. The van der Waals surface area contributed by atoms with Crippen LogP contribution in [0.2, 0.25) is 0 Å². The molecule has 0 aromatic heterocycles. The lowest BCUT2D eigenvalue weighted by molar-refractivity contribution is 0.0874. The summed E-state index contributed by atoms with van der Waals surface area (Å²) in [5.74, 6) is 0. The third-order valence-corrected chi connectivity index (χ3v) is 5.65. The third-order valence-electron chi connectivity index (χ3n) is 4.58. The van der Waals surface area contributed by atoms with E-state index in [1.54, 1.807) is 0 Å². The number of nitrogens with zero attached hydrogens (tertiary/aromatic N) is 1. The van der Waals surface area contributed by atoms with Crippen molar-refractivity contribution in [2.75, 3.05) is 19.3 Å². The first-order chi connectivity index (χ1) is 7.15. The molecule has 1 atom stereocenters. The lowest BCUT2D eigenvalue weighted by Gasteiger charge is -2.41. The summed E-state index contributed by atoms with van der Waals surface area (Å²) in [5.41, 5.74) is 0.749. The van der Waals surface area contributed by atoms with Gasteiger partial charge >= 0.3 is 0 Å². The summed E-state index contributed by atoms with van der Waals surface area (Å²) in [5, 5.41) is 0.968. The van der Waals surface area contributed by atoms with E-state index in [-0.39, 0.29) is 0 Å². The van der Waals surface area contributed by atoms with E-state index in [1.807, 2.05) is 0 Å². The molecule has 1 nitrogen and oxygen atoms in total. The largest absolute Gasteiger partial charge is 0.301 e. The molecule has 2 heteroatoms. The minimum atomic E-state index is 0.749. The first kappa shape index (κ1) is 11.8. The van der Waals surface area contributed by atoms with Crippen molar-refractivity contribution in [2.24, 2.45) is 5.41 Å². The van der Waals surface area contributed by atoms with Crippen LogP contribution in [-0.4, -0.2) is 35.5 Å². The molecule has 15 heavy (non-hydrogen) atoms. The van der Waals surface area contributed by atoms with Crippen molar-refractivity contribution in [1.29, 1.82) is 0 Å². The van der Waals surface area contributed by atoms with Gasteiger partial charge in [-0.3, -0.25) is 0 Å². The Balaban J connectivity index is 1.87. The molecule has 1 saturated heterocycles. The number of hydrogen-bond donors (Lipinski definition) is 0. The Hall–Kier alpha value is 0.310. The molecular formula is C13H25NS. The van der Waals surface area contributed by atoms with Gasteiger partial charge in [0.25, 0.3) is 0 Å². The van der Waals surface area contributed by atoms with Crippen LogP contribution in [0.3, 0.4) is 0 Å². The number of piperidine rings is 1. The molecule has 0 radical (unpaired) electrons. The van der Waals surface area contributed by atoms with Gasteiger partial charge in [-0.25, -0.2) is 0 Å². The van der Waals surface area contributed by atoms with E-state index >= 15 is 0 Å². The Kier molecular flexibility index (Phi) is 3.67. The van der Waals surface area contributed by atoms with E-state index in [9.17, 15) is 0 Å². The van der Waals surface area contributed by atoms with Crippen LogP contribution in [0.15, 0.2) is 0 Å². The second-order valence-corrected chi connectivity index (χ2v) is 6.87. The van der Waals surface area contributed by atoms with Crippen LogP contribution in [0.4, 0.5) is 0 Å². The summed E-state index contributed by atoms with van der Waals surface area (Å²) in [7, 11) is 0. The predicted octanol–water partition coefficient (Wildman–Crippen LogP) is 3.39. The van der Waals surface area contributed by atoms with Crippen molar-refractivity contribution in [3.63, 3.8) is 0 Å². The molecule has 0 amide bonds. The normalized spacial score (nSPS) is 31.6. The summed E-state index contributed by atoms with van der Waals surface area (Å²) >= 11 is 2.09. The highest BCUT2D eigenvalue weighted by Gasteiger charge is 2.41. The SMILES string of the molecule is CSC1CCC2(CCN(C(C)C)CC2)C1. The predicted molar refractivity (Wildman–Crippen MR) is 69.5 cm³/mol. The minimum absolute atomic E-state index is 0.749. The number of hydrogen-bond acceptors (Lipinski definition) is 2. The zero-order chi connectivity index (χ0) is 10.9. The maximum atomic E-state index is 2.65. The van der Waals surface area contributed by atoms with Crippen molar-refractivity contribution >= 4 is 11.8 Å². The van der Waals surface area contributed by atoms with Gasteiger partial charge in [0, 0.05) is 11.3 Å². The van der Waals surface area contributed by atoms with Crippen LogP contribution in [0, 0.1) is 5.41 Å². The summed E-state index contributed by atoms with van der Waals surface area (Å²) < 4.78 is 0. The average Bonchev–Trinajstić information content (AvgIpc) is 2.62. The monoisotopic (exact) mass is 227 g/mol. The van der Waals surface area contributed by atoms with Crippen molar-refractivity contribution in [3.05, 3.63) is 0 Å². The average molecular weight is 227 g/mol. The maximum absolute atomic E-state index is 2.65. The molecular weight excluding hydrogens is 202 g/mol. The zero-order valence-electron chi connectivity index (χ0n) is 10.5. The van der Waals surface area contributed by atoms with Crippen LogP contribution in [0.1, 0.15) is 46.0 Å². The number of rotatable bonds is 2. The first-order valence-electron chi connectivity index (χ1n) is 6.42. The van der Waals surface area contributed by atoms with Crippen LogP contribution < -0.4 is 0 Å². The molecule has 1 spiro atoms. The molecule has 1 unspecified atom stereocenters. The highest BCUT2D eigenvalue weighted by atomic mass is 32.2. The fourth-order valence-electron chi connectivity index (χ4n) is 3.32. The Morgan fingerprint density at radius 2 is 1.87 bits per heavy atom. The number of likely N-dealkylation sites (tertiary alicyclic amines) is 1.